The molecule has 3 nitrogen and oxygen atoms in total. The molecule has 1 aromatic carbocycles. The molecule has 0 aliphatic rings. The van der Waals surface area contributed by atoms with E-state index in [0.717, 1.165) is 12.0 Å². The fourth-order valence-corrected chi connectivity index (χ4v) is 1.70. The molecular weight excluding hydrogens is 248 g/mol. The summed E-state index contributed by atoms with van der Waals surface area (Å²) < 4.78 is 0. The molecular formula is C14H21ClN2O. The maximum atomic E-state index is 11.6. The molecule has 0 heterocycles. The summed E-state index contributed by atoms with van der Waals surface area (Å²) in [7, 11) is 0. The van der Waals surface area contributed by atoms with Crippen molar-refractivity contribution in [2.24, 2.45) is 0 Å². The Labute approximate surface area is 114 Å². The third kappa shape index (κ3) is 5.52. The summed E-state index contributed by atoms with van der Waals surface area (Å²) in [6.45, 7) is 5.43. The summed E-state index contributed by atoms with van der Waals surface area (Å²) in [4.78, 5) is 11.6. The molecule has 0 saturated carbocycles. The van der Waals surface area contributed by atoms with E-state index >= 15 is 0 Å². The molecule has 0 aliphatic heterocycles. The number of rotatable bonds is 7. The molecule has 100 valence electrons. The van der Waals surface area contributed by atoms with Crippen LogP contribution in [0.3, 0.4) is 0 Å². The van der Waals surface area contributed by atoms with Crippen LogP contribution in [0, 0.1) is 0 Å². The van der Waals surface area contributed by atoms with Gasteiger partial charge in [0.25, 0.3) is 0 Å². The lowest BCUT2D eigenvalue weighted by Crippen LogP contribution is -2.31. The second-order valence-electron chi connectivity index (χ2n) is 4.38. The topological polar surface area (TPSA) is 41.1 Å². The fraction of sp³-hybridized carbons (Fsp3) is 0.500. The molecule has 0 saturated heterocycles. The number of carbonyl (C=O) groups is 1. The summed E-state index contributed by atoms with van der Waals surface area (Å²) in [6.07, 6.45) is 1.57. The average molecular weight is 269 g/mol. The molecule has 0 fully saturated rings. The van der Waals surface area contributed by atoms with Crippen molar-refractivity contribution < 1.29 is 4.79 Å². The predicted octanol–water partition coefficient (Wildman–Crippen LogP) is 2.73. The Morgan fingerprint density at radius 1 is 1.39 bits per heavy atom. The van der Waals surface area contributed by atoms with Crippen molar-refractivity contribution in [1.82, 2.24) is 10.6 Å². The zero-order valence-corrected chi connectivity index (χ0v) is 11.8. The maximum Gasteiger partial charge on any atom is 0.221 e. The number of nitrogens with one attached hydrogen (secondary N) is 2. The van der Waals surface area contributed by atoms with Crippen LogP contribution in [0.1, 0.15) is 32.3 Å². The second kappa shape index (κ2) is 8.11. The fourth-order valence-electron chi connectivity index (χ4n) is 1.50. The van der Waals surface area contributed by atoms with Gasteiger partial charge in [0.05, 0.1) is 0 Å². The minimum absolute atomic E-state index is 0.0470. The molecule has 4 heteroatoms. The molecule has 1 atom stereocenters. The molecule has 1 amide bonds. The van der Waals surface area contributed by atoms with Crippen molar-refractivity contribution in [3.63, 3.8) is 0 Å². The highest BCUT2D eigenvalue weighted by atomic mass is 35.5. The lowest BCUT2D eigenvalue weighted by atomic mass is 10.2. The minimum atomic E-state index is 0.0470. The summed E-state index contributed by atoms with van der Waals surface area (Å²) in [6, 6.07) is 8.00. The van der Waals surface area contributed by atoms with E-state index in [-0.39, 0.29) is 5.91 Å². The molecule has 0 aromatic heterocycles. The largest absolute Gasteiger partial charge is 0.352 e. The Kier molecular flexibility index (Phi) is 6.76. The zero-order chi connectivity index (χ0) is 13.4. The van der Waals surface area contributed by atoms with Gasteiger partial charge in [-0.15, -0.1) is 0 Å². The van der Waals surface area contributed by atoms with Crippen LogP contribution in [0.5, 0.6) is 0 Å². The van der Waals surface area contributed by atoms with Gasteiger partial charge in [0.1, 0.15) is 0 Å². The summed E-state index contributed by atoms with van der Waals surface area (Å²) in [5, 5.41) is 6.84. The van der Waals surface area contributed by atoms with Gasteiger partial charge in [-0.3, -0.25) is 4.79 Å². The first-order chi connectivity index (χ1) is 8.63. The van der Waals surface area contributed by atoms with E-state index in [1.165, 1.54) is 0 Å². The maximum absolute atomic E-state index is 11.6. The molecule has 0 aliphatic carbocycles. The van der Waals surface area contributed by atoms with Gasteiger partial charge in [-0.2, -0.15) is 0 Å². The molecule has 0 radical (unpaired) electrons. The number of halogens is 1. The Balaban J connectivity index is 2.23. The second-order valence-corrected chi connectivity index (χ2v) is 4.79. The van der Waals surface area contributed by atoms with Crippen LogP contribution in [0.15, 0.2) is 24.3 Å². The van der Waals surface area contributed by atoms with Gasteiger partial charge in [-0.25, -0.2) is 0 Å². The van der Waals surface area contributed by atoms with E-state index < -0.39 is 0 Å². The molecule has 0 bridgehead atoms. The van der Waals surface area contributed by atoms with Crippen molar-refractivity contribution >= 4 is 17.5 Å². The number of benzene rings is 1. The van der Waals surface area contributed by atoms with Gasteiger partial charge in [-0.05, 0) is 25.0 Å². The number of carbonyl (C=O) groups excluding carboxylic acids is 1. The van der Waals surface area contributed by atoms with E-state index in [2.05, 4.69) is 24.5 Å². The third-order valence-electron chi connectivity index (χ3n) is 2.89. The van der Waals surface area contributed by atoms with E-state index in [0.29, 0.717) is 30.6 Å². The minimum Gasteiger partial charge on any atom is -0.352 e. The first-order valence-corrected chi connectivity index (χ1v) is 6.74. The number of amides is 1. The number of hydrogen-bond donors (Lipinski definition) is 2. The van der Waals surface area contributed by atoms with Crippen molar-refractivity contribution in [3.05, 3.63) is 34.9 Å². The highest BCUT2D eigenvalue weighted by molar-refractivity contribution is 6.31. The van der Waals surface area contributed by atoms with Crippen LogP contribution in [0.25, 0.3) is 0 Å². The monoisotopic (exact) mass is 268 g/mol. The lowest BCUT2D eigenvalue weighted by molar-refractivity contribution is -0.121. The van der Waals surface area contributed by atoms with Crippen molar-refractivity contribution in [2.75, 3.05) is 6.54 Å². The van der Waals surface area contributed by atoms with Gasteiger partial charge < -0.3 is 10.6 Å². The Bertz CT molecular complexity index is 382. The SMILES string of the molecule is CCC(C)NCCC(=O)NCc1ccccc1Cl. The molecule has 2 N–H and O–H groups in total. The first-order valence-electron chi connectivity index (χ1n) is 6.37. The first kappa shape index (κ1) is 15.0. The van der Waals surface area contributed by atoms with E-state index in [1.807, 2.05) is 24.3 Å². The zero-order valence-electron chi connectivity index (χ0n) is 11.0. The van der Waals surface area contributed by atoms with E-state index in [4.69, 9.17) is 11.6 Å². The van der Waals surface area contributed by atoms with Gasteiger partial charge >= 0.3 is 0 Å². The third-order valence-corrected chi connectivity index (χ3v) is 3.26. The summed E-state index contributed by atoms with van der Waals surface area (Å²) in [5.74, 6) is 0.0470. The quantitative estimate of drug-likeness (QED) is 0.798. The van der Waals surface area contributed by atoms with Crippen molar-refractivity contribution in [2.45, 2.75) is 39.3 Å². The van der Waals surface area contributed by atoms with E-state index in [1.54, 1.807) is 0 Å². The molecule has 1 unspecified atom stereocenters. The van der Waals surface area contributed by atoms with Gasteiger partial charge in [0.2, 0.25) is 5.91 Å². The van der Waals surface area contributed by atoms with Gasteiger partial charge in [-0.1, -0.05) is 36.7 Å². The number of hydrogen-bond acceptors (Lipinski definition) is 2. The summed E-state index contributed by atoms with van der Waals surface area (Å²) in [5.41, 5.74) is 0.947. The standard InChI is InChI=1S/C14H21ClN2O/c1-3-11(2)16-9-8-14(18)17-10-12-6-4-5-7-13(12)15/h4-7,11,16H,3,8-10H2,1-2H3,(H,17,18). The highest BCUT2D eigenvalue weighted by Crippen LogP contribution is 2.14. The van der Waals surface area contributed by atoms with Crippen LogP contribution in [-0.2, 0) is 11.3 Å². The summed E-state index contributed by atoms with van der Waals surface area (Å²) >= 11 is 6.01. The van der Waals surface area contributed by atoms with Gasteiger partial charge in [0, 0.05) is 30.6 Å². The normalized spacial score (nSPS) is 12.2. The van der Waals surface area contributed by atoms with Crippen LogP contribution >= 0.6 is 11.6 Å². The predicted molar refractivity (Wildman–Crippen MR) is 75.7 cm³/mol. The smallest absolute Gasteiger partial charge is 0.221 e. The van der Waals surface area contributed by atoms with Crippen molar-refractivity contribution in [3.8, 4) is 0 Å². The Hall–Kier alpha value is -1.06. The Morgan fingerprint density at radius 2 is 2.11 bits per heavy atom. The molecule has 18 heavy (non-hydrogen) atoms. The average Bonchev–Trinajstić information content (AvgIpc) is 2.37. The van der Waals surface area contributed by atoms with Crippen LogP contribution in [-0.4, -0.2) is 18.5 Å². The highest BCUT2D eigenvalue weighted by Gasteiger charge is 2.04. The van der Waals surface area contributed by atoms with Crippen LogP contribution < -0.4 is 10.6 Å². The Morgan fingerprint density at radius 3 is 2.78 bits per heavy atom. The lowest BCUT2D eigenvalue weighted by Gasteiger charge is -2.11. The molecule has 1 rings (SSSR count). The van der Waals surface area contributed by atoms with Gasteiger partial charge in [0.15, 0.2) is 0 Å². The van der Waals surface area contributed by atoms with E-state index in [9.17, 15) is 4.79 Å². The van der Waals surface area contributed by atoms with Crippen LogP contribution in [0.2, 0.25) is 5.02 Å². The molecule has 0 spiro atoms. The molecule has 1 aromatic rings. The van der Waals surface area contributed by atoms with Crippen LogP contribution in [0.4, 0.5) is 0 Å². The van der Waals surface area contributed by atoms with Crippen molar-refractivity contribution in [1.29, 1.82) is 0 Å².